The van der Waals surface area contributed by atoms with Crippen LogP contribution in [-0.2, 0) is 9.53 Å². The van der Waals surface area contributed by atoms with Crippen LogP contribution in [0.4, 0.5) is 5.13 Å². The molecule has 3 aromatic rings. The number of nitrogens with zero attached hydrogens (tertiary/aromatic N) is 2. The number of carbonyl (C=O) groups excluding carboxylic acids is 2. The van der Waals surface area contributed by atoms with E-state index in [-0.39, 0.29) is 12.5 Å². The van der Waals surface area contributed by atoms with Crippen LogP contribution in [0.1, 0.15) is 17.3 Å². The number of ether oxygens (including phenoxy) is 1. The van der Waals surface area contributed by atoms with Gasteiger partial charge in [-0.15, -0.1) is 0 Å². The summed E-state index contributed by atoms with van der Waals surface area (Å²) in [5, 5.41) is 0.604. The lowest BCUT2D eigenvalue weighted by Crippen LogP contribution is -2.34. The van der Waals surface area contributed by atoms with Crippen LogP contribution in [0.2, 0.25) is 0 Å². The van der Waals surface area contributed by atoms with Gasteiger partial charge >= 0.3 is 5.97 Å². The van der Waals surface area contributed by atoms with E-state index in [0.717, 1.165) is 14.7 Å². The van der Waals surface area contributed by atoms with Gasteiger partial charge in [0.15, 0.2) is 11.7 Å². The number of thiazole rings is 1. The Morgan fingerprint density at radius 1 is 1.20 bits per heavy atom. The lowest BCUT2D eigenvalue weighted by molar-refractivity contribution is -0.121. The number of hydrogen-bond donors (Lipinski definition) is 0. The van der Waals surface area contributed by atoms with E-state index in [9.17, 15) is 9.59 Å². The molecule has 1 amide bonds. The molecular weight excluding hydrogens is 404 g/mol. The average Bonchev–Trinajstić information content (AvgIpc) is 3.03. The molecule has 0 atom stereocenters. The summed E-state index contributed by atoms with van der Waals surface area (Å²) in [5.74, 6) is -0.833. The molecule has 0 aliphatic heterocycles. The predicted molar refractivity (Wildman–Crippen MR) is 102 cm³/mol. The molecule has 0 saturated carbocycles. The zero-order valence-electron chi connectivity index (χ0n) is 13.4. The predicted octanol–water partition coefficient (Wildman–Crippen LogP) is 4.27. The maximum absolute atomic E-state index is 12.5. The molecule has 0 spiro atoms. The van der Waals surface area contributed by atoms with Crippen LogP contribution in [-0.4, -0.2) is 30.0 Å². The van der Waals surface area contributed by atoms with E-state index in [1.807, 2.05) is 37.3 Å². The van der Waals surface area contributed by atoms with Crippen LogP contribution in [0, 0.1) is 0 Å². The van der Waals surface area contributed by atoms with Gasteiger partial charge in [-0.2, -0.15) is 0 Å². The molecule has 128 valence electrons. The van der Waals surface area contributed by atoms with Crippen molar-refractivity contribution in [1.29, 1.82) is 0 Å². The Kier molecular flexibility index (Phi) is 5.45. The number of anilines is 1. The number of para-hydroxylation sites is 1. The van der Waals surface area contributed by atoms with E-state index < -0.39 is 5.97 Å². The van der Waals surface area contributed by atoms with E-state index in [0.29, 0.717) is 17.2 Å². The smallest absolute Gasteiger partial charge is 0.338 e. The fourth-order valence-electron chi connectivity index (χ4n) is 2.30. The molecule has 1 heterocycles. The van der Waals surface area contributed by atoms with Crippen LogP contribution < -0.4 is 4.90 Å². The number of likely N-dealkylation sites (N-methyl/N-ethyl adjacent to an activating group) is 1. The highest BCUT2D eigenvalue weighted by molar-refractivity contribution is 9.10. The minimum absolute atomic E-state index is 0.301. The summed E-state index contributed by atoms with van der Waals surface area (Å²) >= 11 is 4.74. The third kappa shape index (κ3) is 4.05. The van der Waals surface area contributed by atoms with Gasteiger partial charge in [-0.1, -0.05) is 45.5 Å². The summed E-state index contributed by atoms with van der Waals surface area (Å²) in [4.78, 5) is 30.5. The molecule has 0 aliphatic carbocycles. The molecule has 1 aromatic heterocycles. The summed E-state index contributed by atoms with van der Waals surface area (Å²) in [6, 6.07) is 14.5. The standard InChI is InChI=1S/C18H15BrN2O3S/c1-2-21(18-20-14-8-3-4-9-15(14)25-18)16(22)11-24-17(23)12-6-5-7-13(19)10-12/h3-10H,2,11H2,1H3. The van der Waals surface area contributed by atoms with Gasteiger partial charge in [0.25, 0.3) is 5.91 Å². The van der Waals surface area contributed by atoms with Crippen molar-refractivity contribution < 1.29 is 14.3 Å². The van der Waals surface area contributed by atoms with Gasteiger partial charge in [0.05, 0.1) is 15.8 Å². The Morgan fingerprint density at radius 2 is 2.00 bits per heavy atom. The van der Waals surface area contributed by atoms with Gasteiger partial charge < -0.3 is 4.74 Å². The topological polar surface area (TPSA) is 59.5 Å². The van der Waals surface area contributed by atoms with E-state index in [2.05, 4.69) is 20.9 Å². The van der Waals surface area contributed by atoms with Crippen LogP contribution in [0.15, 0.2) is 53.0 Å². The minimum Gasteiger partial charge on any atom is -0.452 e. The van der Waals surface area contributed by atoms with Gasteiger partial charge in [-0.05, 0) is 37.3 Å². The molecule has 0 aliphatic rings. The highest BCUT2D eigenvalue weighted by atomic mass is 79.9. The number of rotatable bonds is 5. The lowest BCUT2D eigenvalue weighted by atomic mass is 10.2. The third-order valence-corrected chi connectivity index (χ3v) is 5.07. The first-order chi connectivity index (χ1) is 12.1. The summed E-state index contributed by atoms with van der Waals surface area (Å²) in [7, 11) is 0. The van der Waals surface area contributed by atoms with Gasteiger partial charge in [0, 0.05) is 11.0 Å². The van der Waals surface area contributed by atoms with E-state index in [4.69, 9.17) is 4.74 Å². The highest BCUT2D eigenvalue weighted by Gasteiger charge is 2.20. The zero-order chi connectivity index (χ0) is 17.8. The monoisotopic (exact) mass is 418 g/mol. The SMILES string of the molecule is CCN(C(=O)COC(=O)c1cccc(Br)c1)c1nc2ccccc2s1. The third-order valence-electron chi connectivity index (χ3n) is 3.52. The van der Waals surface area contributed by atoms with Crippen molar-refractivity contribution in [3.05, 3.63) is 58.6 Å². The Bertz CT molecular complexity index is 892. The highest BCUT2D eigenvalue weighted by Crippen LogP contribution is 2.28. The summed E-state index contributed by atoms with van der Waals surface area (Å²) in [6.07, 6.45) is 0. The largest absolute Gasteiger partial charge is 0.452 e. The fraction of sp³-hybridized carbons (Fsp3) is 0.167. The van der Waals surface area contributed by atoms with Crippen LogP contribution in [0.25, 0.3) is 10.2 Å². The Balaban J connectivity index is 1.69. The van der Waals surface area contributed by atoms with Gasteiger partial charge in [-0.3, -0.25) is 9.69 Å². The molecule has 25 heavy (non-hydrogen) atoms. The second kappa shape index (κ2) is 7.76. The molecular formula is C18H15BrN2O3S. The molecule has 3 rings (SSSR count). The first-order valence-corrected chi connectivity index (χ1v) is 9.28. The fourth-order valence-corrected chi connectivity index (χ4v) is 3.74. The van der Waals surface area contributed by atoms with Crippen molar-refractivity contribution in [1.82, 2.24) is 4.98 Å². The number of carbonyl (C=O) groups is 2. The van der Waals surface area contributed by atoms with E-state index in [1.165, 1.54) is 16.2 Å². The first kappa shape index (κ1) is 17.6. The molecule has 0 radical (unpaired) electrons. The van der Waals surface area contributed by atoms with Crippen LogP contribution in [0.5, 0.6) is 0 Å². The zero-order valence-corrected chi connectivity index (χ0v) is 15.8. The molecule has 0 saturated heterocycles. The normalized spacial score (nSPS) is 10.6. The van der Waals surface area contributed by atoms with Crippen molar-refractivity contribution in [3.63, 3.8) is 0 Å². The number of hydrogen-bond acceptors (Lipinski definition) is 5. The second-order valence-electron chi connectivity index (χ2n) is 5.19. The Morgan fingerprint density at radius 3 is 2.72 bits per heavy atom. The van der Waals surface area contributed by atoms with Crippen molar-refractivity contribution in [3.8, 4) is 0 Å². The maximum Gasteiger partial charge on any atom is 0.338 e. The van der Waals surface area contributed by atoms with Crippen LogP contribution >= 0.6 is 27.3 Å². The van der Waals surface area contributed by atoms with Crippen molar-refractivity contribution in [2.75, 3.05) is 18.1 Å². The van der Waals surface area contributed by atoms with Crippen molar-refractivity contribution >= 4 is 54.5 Å². The Labute approximate surface area is 157 Å². The molecule has 0 bridgehead atoms. The average molecular weight is 419 g/mol. The van der Waals surface area contributed by atoms with E-state index in [1.54, 1.807) is 18.2 Å². The summed E-state index contributed by atoms with van der Waals surface area (Å²) < 4.78 is 6.93. The number of halogens is 1. The van der Waals surface area contributed by atoms with Crippen molar-refractivity contribution in [2.24, 2.45) is 0 Å². The molecule has 7 heteroatoms. The second-order valence-corrected chi connectivity index (χ2v) is 7.11. The molecule has 0 fully saturated rings. The molecule has 2 aromatic carbocycles. The molecule has 0 unspecified atom stereocenters. The maximum atomic E-state index is 12.5. The summed E-state index contributed by atoms with van der Waals surface area (Å²) in [6.45, 7) is 1.99. The van der Waals surface area contributed by atoms with Gasteiger partial charge in [0.1, 0.15) is 0 Å². The van der Waals surface area contributed by atoms with Gasteiger partial charge in [0.2, 0.25) is 0 Å². The first-order valence-electron chi connectivity index (χ1n) is 7.67. The van der Waals surface area contributed by atoms with Crippen LogP contribution in [0.3, 0.4) is 0 Å². The van der Waals surface area contributed by atoms with E-state index >= 15 is 0 Å². The molecule has 0 N–H and O–H groups in total. The summed E-state index contributed by atoms with van der Waals surface area (Å²) in [5.41, 5.74) is 1.24. The minimum atomic E-state index is -0.532. The number of amides is 1. The number of aromatic nitrogens is 1. The number of benzene rings is 2. The van der Waals surface area contributed by atoms with Crippen molar-refractivity contribution in [2.45, 2.75) is 6.92 Å². The Hall–Kier alpha value is -2.25. The number of esters is 1. The molecule has 5 nitrogen and oxygen atoms in total. The lowest BCUT2D eigenvalue weighted by Gasteiger charge is -2.17. The van der Waals surface area contributed by atoms with Gasteiger partial charge in [-0.25, -0.2) is 9.78 Å². The quantitative estimate of drug-likeness (QED) is 0.580. The number of fused-ring (bicyclic) bond motifs is 1.